The molecule has 1 amide bonds. The van der Waals surface area contributed by atoms with Gasteiger partial charge in [-0.3, -0.25) is 4.79 Å². The molecule has 1 aromatic carbocycles. The van der Waals surface area contributed by atoms with Crippen LogP contribution in [0.2, 0.25) is 0 Å². The first-order valence-corrected chi connectivity index (χ1v) is 7.78. The van der Waals surface area contributed by atoms with Gasteiger partial charge in [0.15, 0.2) is 0 Å². The van der Waals surface area contributed by atoms with Crippen molar-refractivity contribution in [1.82, 2.24) is 5.32 Å². The lowest BCUT2D eigenvalue weighted by molar-refractivity contribution is -0.123. The van der Waals surface area contributed by atoms with E-state index in [0.717, 1.165) is 24.4 Å². The molecule has 2 aliphatic rings. The lowest BCUT2D eigenvalue weighted by atomic mass is 9.80. The number of rotatable bonds is 2. The van der Waals surface area contributed by atoms with E-state index in [0.29, 0.717) is 12.0 Å². The van der Waals surface area contributed by atoms with Gasteiger partial charge in [-0.05, 0) is 42.7 Å². The second kappa shape index (κ2) is 5.47. The fraction of sp³-hybridized carbons (Fsp3) is 0.588. The molecule has 3 rings (SSSR count). The standard InChI is InChI=1S/C17H24N2O/c1-11-7-8-14(12(2)9-11)19-17(20)16-10-13-5-3-4-6-15(13)18-16/h3-6,11-12,14,16,18H,7-10H2,1-2H3,(H,19,20)/t11?,12?,14?,16-/m0/s1. The summed E-state index contributed by atoms with van der Waals surface area (Å²) >= 11 is 0. The molecular weight excluding hydrogens is 248 g/mol. The van der Waals surface area contributed by atoms with Crippen molar-refractivity contribution in [3.63, 3.8) is 0 Å². The molecule has 0 radical (unpaired) electrons. The van der Waals surface area contributed by atoms with Crippen LogP contribution in [0.5, 0.6) is 0 Å². The van der Waals surface area contributed by atoms with Crippen LogP contribution in [-0.4, -0.2) is 18.0 Å². The first kappa shape index (κ1) is 13.5. The Morgan fingerprint density at radius 3 is 2.80 bits per heavy atom. The maximum Gasteiger partial charge on any atom is 0.243 e. The molecule has 2 N–H and O–H groups in total. The highest BCUT2D eigenvalue weighted by Gasteiger charge is 2.31. The summed E-state index contributed by atoms with van der Waals surface area (Å²) in [5, 5.41) is 6.60. The van der Waals surface area contributed by atoms with E-state index in [-0.39, 0.29) is 11.9 Å². The van der Waals surface area contributed by atoms with Gasteiger partial charge in [0, 0.05) is 18.2 Å². The Labute approximate surface area is 121 Å². The third kappa shape index (κ3) is 2.67. The summed E-state index contributed by atoms with van der Waals surface area (Å²) in [6.07, 6.45) is 4.38. The Balaban J connectivity index is 1.59. The average Bonchev–Trinajstić information content (AvgIpc) is 2.86. The van der Waals surface area contributed by atoms with Crippen molar-refractivity contribution in [3.05, 3.63) is 29.8 Å². The highest BCUT2D eigenvalue weighted by Crippen LogP contribution is 2.29. The molecule has 0 aromatic heterocycles. The Morgan fingerprint density at radius 1 is 1.25 bits per heavy atom. The quantitative estimate of drug-likeness (QED) is 0.869. The number of hydrogen-bond acceptors (Lipinski definition) is 2. The molecule has 1 aliphatic carbocycles. The number of benzene rings is 1. The summed E-state index contributed by atoms with van der Waals surface area (Å²) in [5.41, 5.74) is 2.36. The minimum absolute atomic E-state index is 0.0982. The van der Waals surface area contributed by atoms with Gasteiger partial charge >= 0.3 is 0 Å². The van der Waals surface area contributed by atoms with E-state index in [9.17, 15) is 4.79 Å². The predicted octanol–water partition coefficient (Wildman–Crippen LogP) is 2.96. The van der Waals surface area contributed by atoms with Crippen LogP contribution < -0.4 is 10.6 Å². The van der Waals surface area contributed by atoms with Gasteiger partial charge in [0.05, 0.1) is 0 Å². The second-order valence-corrected chi connectivity index (χ2v) is 6.57. The van der Waals surface area contributed by atoms with Crippen LogP contribution in [0.4, 0.5) is 5.69 Å². The van der Waals surface area contributed by atoms with Crippen molar-refractivity contribution in [2.45, 2.75) is 51.6 Å². The molecule has 1 saturated carbocycles. The monoisotopic (exact) mass is 272 g/mol. The average molecular weight is 272 g/mol. The van der Waals surface area contributed by atoms with Crippen molar-refractivity contribution < 1.29 is 4.79 Å². The normalized spacial score (nSPS) is 32.3. The fourth-order valence-electron chi connectivity index (χ4n) is 3.62. The van der Waals surface area contributed by atoms with Crippen molar-refractivity contribution in [3.8, 4) is 0 Å². The molecule has 0 bridgehead atoms. The number of nitrogens with one attached hydrogen (secondary N) is 2. The van der Waals surface area contributed by atoms with Crippen LogP contribution in [0, 0.1) is 11.8 Å². The van der Waals surface area contributed by atoms with Crippen molar-refractivity contribution in [2.24, 2.45) is 11.8 Å². The lowest BCUT2D eigenvalue weighted by Gasteiger charge is -2.33. The molecule has 3 nitrogen and oxygen atoms in total. The van der Waals surface area contributed by atoms with Crippen molar-refractivity contribution in [1.29, 1.82) is 0 Å². The molecule has 1 fully saturated rings. The SMILES string of the molecule is CC1CCC(NC(=O)[C@@H]2Cc3ccccc3N2)C(C)C1. The van der Waals surface area contributed by atoms with Gasteiger partial charge in [-0.2, -0.15) is 0 Å². The van der Waals surface area contributed by atoms with Gasteiger partial charge in [0.1, 0.15) is 6.04 Å². The molecule has 0 spiro atoms. The highest BCUT2D eigenvalue weighted by molar-refractivity contribution is 5.87. The molecule has 3 unspecified atom stereocenters. The molecule has 20 heavy (non-hydrogen) atoms. The molecular formula is C17H24N2O. The zero-order chi connectivity index (χ0) is 14.1. The van der Waals surface area contributed by atoms with Crippen LogP contribution in [-0.2, 0) is 11.2 Å². The van der Waals surface area contributed by atoms with E-state index >= 15 is 0 Å². The predicted molar refractivity (Wildman–Crippen MR) is 81.7 cm³/mol. The van der Waals surface area contributed by atoms with Crippen LogP contribution in [0.15, 0.2) is 24.3 Å². The zero-order valence-electron chi connectivity index (χ0n) is 12.4. The lowest BCUT2D eigenvalue weighted by Crippen LogP contribution is -2.48. The second-order valence-electron chi connectivity index (χ2n) is 6.57. The van der Waals surface area contributed by atoms with Gasteiger partial charge in [-0.15, -0.1) is 0 Å². The van der Waals surface area contributed by atoms with Gasteiger partial charge in [0.25, 0.3) is 0 Å². The van der Waals surface area contributed by atoms with Crippen LogP contribution >= 0.6 is 0 Å². The minimum Gasteiger partial charge on any atom is -0.373 e. The first-order valence-electron chi connectivity index (χ1n) is 7.78. The Morgan fingerprint density at radius 2 is 2.05 bits per heavy atom. The Kier molecular flexibility index (Phi) is 3.68. The van der Waals surface area contributed by atoms with Crippen LogP contribution in [0.3, 0.4) is 0 Å². The van der Waals surface area contributed by atoms with Crippen LogP contribution in [0.1, 0.15) is 38.7 Å². The zero-order valence-corrected chi connectivity index (χ0v) is 12.4. The number of para-hydroxylation sites is 1. The topological polar surface area (TPSA) is 41.1 Å². The number of amides is 1. The van der Waals surface area contributed by atoms with Crippen LogP contribution in [0.25, 0.3) is 0 Å². The van der Waals surface area contributed by atoms with Gasteiger partial charge < -0.3 is 10.6 Å². The van der Waals surface area contributed by atoms with Crippen molar-refractivity contribution in [2.75, 3.05) is 5.32 Å². The van der Waals surface area contributed by atoms with E-state index in [2.05, 4.69) is 30.5 Å². The molecule has 108 valence electrons. The van der Waals surface area contributed by atoms with Gasteiger partial charge in [0.2, 0.25) is 5.91 Å². The van der Waals surface area contributed by atoms with Gasteiger partial charge in [-0.1, -0.05) is 32.0 Å². The number of fused-ring (bicyclic) bond motifs is 1. The summed E-state index contributed by atoms with van der Waals surface area (Å²) < 4.78 is 0. The summed E-state index contributed by atoms with van der Waals surface area (Å²) in [5.74, 6) is 1.55. The van der Waals surface area contributed by atoms with E-state index < -0.39 is 0 Å². The Hall–Kier alpha value is -1.51. The Bertz CT molecular complexity index is 475. The first-order chi connectivity index (χ1) is 9.63. The summed E-state index contributed by atoms with van der Waals surface area (Å²) in [6.45, 7) is 4.57. The molecule has 0 saturated heterocycles. The number of anilines is 1. The fourth-order valence-corrected chi connectivity index (χ4v) is 3.62. The third-order valence-corrected chi connectivity index (χ3v) is 4.85. The molecule has 4 atom stereocenters. The summed E-state index contributed by atoms with van der Waals surface area (Å²) in [6, 6.07) is 8.44. The molecule has 1 aliphatic heterocycles. The molecule has 3 heteroatoms. The molecule has 1 heterocycles. The summed E-state index contributed by atoms with van der Waals surface area (Å²) in [4.78, 5) is 12.4. The third-order valence-electron chi connectivity index (χ3n) is 4.85. The maximum atomic E-state index is 12.4. The molecule has 1 aromatic rings. The highest BCUT2D eigenvalue weighted by atomic mass is 16.2. The van der Waals surface area contributed by atoms with Crippen molar-refractivity contribution >= 4 is 11.6 Å². The van der Waals surface area contributed by atoms with E-state index in [1.807, 2.05) is 18.2 Å². The number of carbonyl (C=O) groups is 1. The maximum absolute atomic E-state index is 12.4. The number of carbonyl (C=O) groups excluding carboxylic acids is 1. The number of hydrogen-bond donors (Lipinski definition) is 2. The summed E-state index contributed by atoms with van der Waals surface area (Å²) in [7, 11) is 0. The minimum atomic E-state index is -0.0982. The van der Waals surface area contributed by atoms with Gasteiger partial charge in [-0.25, -0.2) is 0 Å². The van der Waals surface area contributed by atoms with E-state index in [4.69, 9.17) is 0 Å². The van der Waals surface area contributed by atoms with E-state index in [1.54, 1.807) is 0 Å². The smallest absolute Gasteiger partial charge is 0.243 e. The largest absolute Gasteiger partial charge is 0.373 e. The van der Waals surface area contributed by atoms with E-state index in [1.165, 1.54) is 18.4 Å².